The summed E-state index contributed by atoms with van der Waals surface area (Å²) in [5, 5.41) is 9.62. The molecule has 1 aromatic carbocycles. The highest BCUT2D eigenvalue weighted by atomic mass is 16.5. The van der Waals surface area contributed by atoms with Gasteiger partial charge in [0.1, 0.15) is 11.5 Å². The molecule has 0 spiro atoms. The van der Waals surface area contributed by atoms with Crippen LogP contribution in [0.3, 0.4) is 0 Å². The largest absolute Gasteiger partial charge is 0.508 e. The molecule has 148 valence electrons. The molecule has 0 bridgehead atoms. The summed E-state index contributed by atoms with van der Waals surface area (Å²) < 4.78 is 5.92. The van der Waals surface area contributed by atoms with Crippen LogP contribution in [0.15, 0.2) is 18.2 Å². The van der Waals surface area contributed by atoms with Gasteiger partial charge in [-0.15, -0.1) is 0 Å². The van der Waals surface area contributed by atoms with Gasteiger partial charge in [0.2, 0.25) is 0 Å². The first-order valence-corrected chi connectivity index (χ1v) is 10.6. The van der Waals surface area contributed by atoms with Crippen molar-refractivity contribution in [2.75, 3.05) is 0 Å². The maximum absolute atomic E-state index is 12.2. The molecular weight excluding hydrogens is 324 g/mol. The lowest BCUT2D eigenvalue weighted by Gasteiger charge is -2.18. The molecule has 0 saturated heterocycles. The smallest absolute Gasteiger partial charge is 0.173 e. The van der Waals surface area contributed by atoms with Crippen molar-refractivity contribution >= 4 is 5.78 Å². The van der Waals surface area contributed by atoms with E-state index in [0.29, 0.717) is 12.2 Å². The lowest BCUT2D eigenvalue weighted by atomic mass is 10.0. The summed E-state index contributed by atoms with van der Waals surface area (Å²) in [6.07, 6.45) is 13.8. The molecule has 1 unspecified atom stereocenters. The number of aromatic hydroxyl groups is 1. The topological polar surface area (TPSA) is 46.5 Å². The Hall–Kier alpha value is -1.51. The molecule has 0 aliphatic carbocycles. The third-order valence-electron chi connectivity index (χ3n) is 4.97. The SMILES string of the molecule is CCCCCCCCCCCCC(Oc1ccc(O)c(C)c1)C(=O)CC. The molecule has 0 saturated carbocycles. The van der Waals surface area contributed by atoms with Gasteiger partial charge < -0.3 is 9.84 Å². The summed E-state index contributed by atoms with van der Waals surface area (Å²) in [7, 11) is 0. The first-order chi connectivity index (χ1) is 12.6. The number of Topliss-reactive ketones (excluding diaryl/α,β-unsaturated/α-hetero) is 1. The number of hydrogen-bond acceptors (Lipinski definition) is 3. The summed E-state index contributed by atoms with van der Waals surface area (Å²) in [4.78, 5) is 12.2. The third-order valence-corrected chi connectivity index (χ3v) is 4.97. The van der Waals surface area contributed by atoms with E-state index in [1.807, 2.05) is 13.8 Å². The second-order valence-corrected chi connectivity index (χ2v) is 7.35. The van der Waals surface area contributed by atoms with Crippen molar-refractivity contribution in [2.24, 2.45) is 0 Å². The number of unbranched alkanes of at least 4 members (excludes halogenated alkanes) is 9. The van der Waals surface area contributed by atoms with E-state index in [9.17, 15) is 9.90 Å². The Bertz CT molecular complexity index is 510. The normalized spacial score (nSPS) is 12.1. The first kappa shape index (κ1) is 22.5. The molecule has 26 heavy (non-hydrogen) atoms. The fourth-order valence-electron chi connectivity index (χ4n) is 3.20. The monoisotopic (exact) mass is 362 g/mol. The summed E-state index contributed by atoms with van der Waals surface area (Å²) in [6, 6.07) is 5.15. The van der Waals surface area contributed by atoms with E-state index in [0.717, 1.165) is 18.4 Å². The van der Waals surface area contributed by atoms with Crippen molar-refractivity contribution < 1.29 is 14.6 Å². The molecule has 1 rings (SSSR count). The van der Waals surface area contributed by atoms with Gasteiger partial charge >= 0.3 is 0 Å². The standard InChI is InChI=1S/C23H38O3/c1-4-6-7-8-9-10-11-12-13-14-15-23(21(24)5-2)26-20-16-17-22(25)19(3)18-20/h16-18,23,25H,4-15H2,1-3H3. The van der Waals surface area contributed by atoms with Crippen LogP contribution in [0.2, 0.25) is 0 Å². The summed E-state index contributed by atoms with van der Waals surface area (Å²) in [5.74, 6) is 1.08. The summed E-state index contributed by atoms with van der Waals surface area (Å²) in [5.41, 5.74) is 0.768. The van der Waals surface area contributed by atoms with Gasteiger partial charge in [-0.05, 0) is 43.5 Å². The number of carbonyl (C=O) groups is 1. The molecule has 0 heterocycles. The van der Waals surface area contributed by atoms with Gasteiger partial charge in [0.25, 0.3) is 0 Å². The van der Waals surface area contributed by atoms with Crippen molar-refractivity contribution in [3.8, 4) is 11.5 Å². The highest BCUT2D eigenvalue weighted by Crippen LogP contribution is 2.24. The number of phenolic OH excluding ortho intramolecular Hbond substituents is 1. The Morgan fingerprint density at radius 1 is 0.962 bits per heavy atom. The van der Waals surface area contributed by atoms with Crippen LogP contribution in [0.4, 0.5) is 0 Å². The Morgan fingerprint density at radius 2 is 1.54 bits per heavy atom. The van der Waals surface area contributed by atoms with Gasteiger partial charge in [-0.1, -0.05) is 71.6 Å². The summed E-state index contributed by atoms with van der Waals surface area (Å²) in [6.45, 7) is 5.98. The average molecular weight is 363 g/mol. The molecule has 0 aromatic heterocycles. The van der Waals surface area contributed by atoms with E-state index in [1.54, 1.807) is 18.2 Å². The van der Waals surface area contributed by atoms with Crippen molar-refractivity contribution in [3.63, 3.8) is 0 Å². The maximum atomic E-state index is 12.2. The zero-order chi connectivity index (χ0) is 19.2. The maximum Gasteiger partial charge on any atom is 0.173 e. The average Bonchev–Trinajstić information content (AvgIpc) is 2.64. The highest BCUT2D eigenvalue weighted by molar-refractivity contribution is 5.83. The van der Waals surface area contributed by atoms with Gasteiger partial charge in [-0.3, -0.25) is 4.79 Å². The molecule has 1 N–H and O–H groups in total. The molecule has 0 aliphatic heterocycles. The van der Waals surface area contributed by atoms with Crippen LogP contribution in [0, 0.1) is 6.92 Å². The van der Waals surface area contributed by atoms with Crippen LogP contribution >= 0.6 is 0 Å². The van der Waals surface area contributed by atoms with Crippen LogP contribution in [0.1, 0.15) is 96.5 Å². The van der Waals surface area contributed by atoms with E-state index in [1.165, 1.54) is 57.8 Å². The second-order valence-electron chi connectivity index (χ2n) is 7.35. The minimum atomic E-state index is -0.363. The number of rotatable bonds is 15. The van der Waals surface area contributed by atoms with Crippen molar-refractivity contribution in [1.29, 1.82) is 0 Å². The predicted molar refractivity (Wildman–Crippen MR) is 109 cm³/mol. The number of benzene rings is 1. The lowest BCUT2D eigenvalue weighted by Crippen LogP contribution is -2.26. The van der Waals surface area contributed by atoms with Crippen LogP contribution < -0.4 is 4.74 Å². The molecule has 0 fully saturated rings. The van der Waals surface area contributed by atoms with Gasteiger partial charge in [-0.25, -0.2) is 0 Å². The van der Waals surface area contributed by atoms with E-state index in [4.69, 9.17) is 4.74 Å². The fourth-order valence-corrected chi connectivity index (χ4v) is 3.20. The lowest BCUT2D eigenvalue weighted by molar-refractivity contribution is -0.125. The van der Waals surface area contributed by atoms with E-state index in [-0.39, 0.29) is 17.6 Å². The third kappa shape index (κ3) is 9.26. The Balaban J connectivity index is 2.26. The van der Waals surface area contributed by atoms with E-state index in [2.05, 4.69) is 6.92 Å². The van der Waals surface area contributed by atoms with Crippen molar-refractivity contribution in [1.82, 2.24) is 0 Å². The number of ether oxygens (including phenoxy) is 1. The zero-order valence-corrected chi connectivity index (χ0v) is 17.1. The Morgan fingerprint density at radius 3 is 2.08 bits per heavy atom. The van der Waals surface area contributed by atoms with Crippen LogP contribution in [0.5, 0.6) is 11.5 Å². The first-order valence-electron chi connectivity index (χ1n) is 10.6. The number of ketones is 1. The van der Waals surface area contributed by atoms with Gasteiger partial charge in [-0.2, -0.15) is 0 Å². The number of carbonyl (C=O) groups excluding carboxylic acids is 1. The van der Waals surface area contributed by atoms with Crippen molar-refractivity contribution in [3.05, 3.63) is 23.8 Å². The minimum Gasteiger partial charge on any atom is -0.508 e. The quantitative estimate of drug-likeness (QED) is 0.351. The number of aryl methyl sites for hydroxylation is 1. The van der Waals surface area contributed by atoms with Crippen LogP contribution in [0.25, 0.3) is 0 Å². The van der Waals surface area contributed by atoms with E-state index < -0.39 is 0 Å². The fraction of sp³-hybridized carbons (Fsp3) is 0.696. The van der Waals surface area contributed by atoms with Crippen LogP contribution in [-0.4, -0.2) is 17.0 Å². The minimum absolute atomic E-state index is 0.159. The van der Waals surface area contributed by atoms with Gasteiger partial charge in [0, 0.05) is 6.42 Å². The zero-order valence-electron chi connectivity index (χ0n) is 17.1. The van der Waals surface area contributed by atoms with E-state index >= 15 is 0 Å². The molecule has 1 atom stereocenters. The molecule has 3 heteroatoms. The van der Waals surface area contributed by atoms with Crippen molar-refractivity contribution in [2.45, 2.75) is 104 Å². The molecular formula is C23H38O3. The second kappa shape index (κ2) is 13.7. The molecule has 0 aliphatic rings. The summed E-state index contributed by atoms with van der Waals surface area (Å²) >= 11 is 0. The predicted octanol–water partition coefficient (Wildman–Crippen LogP) is 6.74. The molecule has 0 radical (unpaired) electrons. The van der Waals surface area contributed by atoms with Crippen LogP contribution in [-0.2, 0) is 4.79 Å². The molecule has 0 amide bonds. The Labute approximate surface area is 160 Å². The molecule has 3 nitrogen and oxygen atoms in total. The van der Waals surface area contributed by atoms with Gasteiger partial charge in [0.05, 0.1) is 0 Å². The Kier molecular flexibility index (Phi) is 11.8. The number of phenols is 1. The molecule has 1 aromatic rings. The van der Waals surface area contributed by atoms with Gasteiger partial charge in [0.15, 0.2) is 11.9 Å². The number of hydrogen-bond donors (Lipinski definition) is 1. The highest BCUT2D eigenvalue weighted by Gasteiger charge is 2.18.